The summed E-state index contributed by atoms with van der Waals surface area (Å²) in [6.45, 7) is 19.6. The first-order valence-corrected chi connectivity index (χ1v) is 33.0. The molecule has 0 spiro atoms. The molecule has 0 atom stereocenters. The molecule has 0 amide bonds. The van der Waals surface area contributed by atoms with Crippen molar-refractivity contribution in [2.45, 2.75) is 232 Å². The number of aryl methyl sites for hydroxylation is 4. The molecule has 7 heteroatoms. The molecule has 0 aliphatic rings. The molecule has 348 valence electrons. The van der Waals surface area contributed by atoms with Crippen LogP contribution in [0.15, 0.2) is 61.2 Å². The van der Waals surface area contributed by atoms with Crippen LogP contribution in [0.25, 0.3) is 22.3 Å². The normalized spacial score (nSPS) is 12.0. The van der Waals surface area contributed by atoms with Gasteiger partial charge in [-0.25, -0.2) is 19.9 Å². The molecule has 2 aromatic heterocycles. The predicted octanol–water partition coefficient (Wildman–Crippen LogP) is 17.9. The average Bonchev–Trinajstić information content (AvgIpc) is 3.29. The van der Waals surface area contributed by atoms with Crippen LogP contribution in [0, 0.1) is 0 Å². The Labute approximate surface area is 388 Å². The van der Waals surface area contributed by atoms with Crippen molar-refractivity contribution in [2.75, 3.05) is 0 Å². The van der Waals surface area contributed by atoms with Gasteiger partial charge in [-0.3, -0.25) is 0 Å². The summed E-state index contributed by atoms with van der Waals surface area (Å²) in [5, 5.41) is 0. The van der Waals surface area contributed by atoms with E-state index in [9.17, 15) is 0 Å². The zero-order chi connectivity index (χ0) is 45.2. The van der Waals surface area contributed by atoms with Crippen molar-refractivity contribution in [1.29, 1.82) is 0 Å². The van der Waals surface area contributed by atoms with E-state index in [1.165, 1.54) is 175 Å². The average molecular weight is 892 g/mol. The highest BCUT2D eigenvalue weighted by Crippen LogP contribution is 2.36. The molecule has 0 unspecified atom stereocenters. The molecule has 0 fully saturated rings. The largest absolute Gasteiger partial charge is 0.457 e. The Morgan fingerprint density at radius 3 is 1.08 bits per heavy atom. The lowest BCUT2D eigenvalue weighted by Crippen LogP contribution is -2.24. The zero-order valence-electron chi connectivity index (χ0n) is 41.8. The van der Waals surface area contributed by atoms with Crippen LogP contribution in [0.2, 0.25) is 50.4 Å². The highest BCUT2D eigenvalue weighted by Gasteiger charge is 2.21. The summed E-state index contributed by atoms with van der Waals surface area (Å²) < 4.78 is 7.08. The minimum Gasteiger partial charge on any atom is -0.457 e. The van der Waals surface area contributed by atoms with Crippen LogP contribution < -0.4 is 4.74 Å². The monoisotopic (exact) mass is 891 g/mol. The summed E-state index contributed by atoms with van der Waals surface area (Å²) in [5.41, 5.74) is 7.07. The first kappa shape index (κ1) is 52.5. The maximum atomic E-state index is 7.08. The number of nitrogens with zero attached hydrogens (tertiary/aromatic N) is 4. The molecule has 0 aliphatic carbocycles. The topological polar surface area (TPSA) is 60.8 Å². The second-order valence-electron chi connectivity index (χ2n) is 20.5. The van der Waals surface area contributed by atoms with Gasteiger partial charge in [-0.15, -0.1) is 0 Å². The molecule has 4 aromatic rings. The van der Waals surface area contributed by atoms with Crippen molar-refractivity contribution in [3.05, 3.63) is 84.0 Å². The van der Waals surface area contributed by atoms with E-state index >= 15 is 0 Å². The van der Waals surface area contributed by atoms with Gasteiger partial charge in [0.15, 0.2) is 0 Å². The highest BCUT2D eigenvalue weighted by molar-refractivity contribution is 6.77. The molecular formula is C56H90N4OSi2. The van der Waals surface area contributed by atoms with Crippen molar-refractivity contribution >= 4 is 16.1 Å². The second-order valence-corrected chi connectivity index (χ2v) is 31.2. The van der Waals surface area contributed by atoms with Crippen molar-refractivity contribution in [3.8, 4) is 33.8 Å². The second kappa shape index (κ2) is 29.4. The third-order valence-electron chi connectivity index (χ3n) is 13.4. The van der Waals surface area contributed by atoms with E-state index in [-0.39, 0.29) is 0 Å². The third kappa shape index (κ3) is 20.3. The molecule has 0 bridgehead atoms. The van der Waals surface area contributed by atoms with Gasteiger partial charge in [-0.05, 0) is 85.0 Å². The smallest absolute Gasteiger partial charge is 0.130 e. The number of benzene rings is 2. The molecule has 2 aromatic carbocycles. The van der Waals surface area contributed by atoms with E-state index in [1.54, 1.807) is 0 Å². The van der Waals surface area contributed by atoms with E-state index < -0.39 is 16.1 Å². The molecular weight excluding hydrogens is 801 g/mol. The number of aromatic nitrogens is 4. The van der Waals surface area contributed by atoms with Crippen molar-refractivity contribution in [3.63, 3.8) is 0 Å². The Bertz CT molecular complexity index is 1690. The van der Waals surface area contributed by atoms with E-state index in [0.717, 1.165) is 60.0 Å². The van der Waals surface area contributed by atoms with Crippen LogP contribution in [0.4, 0.5) is 0 Å². The Morgan fingerprint density at radius 1 is 0.365 bits per heavy atom. The maximum absolute atomic E-state index is 7.08. The van der Waals surface area contributed by atoms with Gasteiger partial charge in [0.1, 0.15) is 23.1 Å². The van der Waals surface area contributed by atoms with Gasteiger partial charge in [-0.1, -0.05) is 193 Å². The molecule has 2 heterocycles. The molecule has 4 rings (SSSR count). The van der Waals surface area contributed by atoms with Crippen LogP contribution in [0.5, 0.6) is 11.5 Å². The zero-order valence-corrected chi connectivity index (χ0v) is 43.8. The van der Waals surface area contributed by atoms with Crippen molar-refractivity contribution in [2.24, 2.45) is 0 Å². The maximum Gasteiger partial charge on any atom is 0.130 e. The summed E-state index contributed by atoms with van der Waals surface area (Å²) in [4.78, 5) is 19.3. The van der Waals surface area contributed by atoms with E-state index in [2.05, 4.69) is 90.3 Å². The Morgan fingerprint density at radius 2 is 0.698 bits per heavy atom. The minimum atomic E-state index is -1.17. The highest BCUT2D eigenvalue weighted by atomic mass is 28.3. The van der Waals surface area contributed by atoms with Gasteiger partial charge < -0.3 is 4.74 Å². The van der Waals surface area contributed by atoms with E-state index in [1.807, 2.05) is 24.8 Å². The van der Waals surface area contributed by atoms with Crippen molar-refractivity contribution < 1.29 is 4.74 Å². The molecule has 0 aliphatic heterocycles. The van der Waals surface area contributed by atoms with Gasteiger partial charge in [0, 0.05) is 64.9 Å². The van der Waals surface area contributed by atoms with Crippen LogP contribution >= 0.6 is 0 Å². The fourth-order valence-electron chi connectivity index (χ4n) is 9.02. The fraction of sp³-hybridized carbons (Fsp3) is 0.643. The third-order valence-corrected chi connectivity index (χ3v) is 20.3. The van der Waals surface area contributed by atoms with Crippen LogP contribution in [-0.2, 0) is 25.7 Å². The van der Waals surface area contributed by atoms with Gasteiger partial charge in [0.05, 0.1) is 0 Å². The summed E-state index contributed by atoms with van der Waals surface area (Å²) in [5.74, 6) is 3.88. The summed E-state index contributed by atoms with van der Waals surface area (Å²) in [6.07, 6.45) is 37.7. The molecule has 0 saturated carbocycles. The molecule has 0 saturated heterocycles. The Kier molecular flexibility index (Phi) is 24.5. The van der Waals surface area contributed by atoms with Crippen LogP contribution in [0.1, 0.15) is 179 Å². The molecule has 0 radical (unpaired) electrons. The van der Waals surface area contributed by atoms with E-state index in [0.29, 0.717) is 0 Å². The summed E-state index contributed by atoms with van der Waals surface area (Å²) in [7, 11) is -2.34. The number of unbranched alkanes of at least 4 members (excludes halogenated alkanes) is 14. The molecule has 5 nitrogen and oxygen atoms in total. The minimum absolute atomic E-state index is 0.958. The summed E-state index contributed by atoms with van der Waals surface area (Å²) >= 11 is 0. The van der Waals surface area contributed by atoms with Gasteiger partial charge in [-0.2, -0.15) is 0 Å². The number of rotatable bonds is 34. The van der Waals surface area contributed by atoms with Crippen LogP contribution in [-0.4, -0.2) is 36.1 Å². The lowest BCUT2D eigenvalue weighted by Gasteiger charge is -2.22. The summed E-state index contributed by atoms with van der Waals surface area (Å²) in [6, 6.07) is 19.2. The number of hydrogen-bond donors (Lipinski definition) is 0. The Balaban J connectivity index is 1.56. The first-order valence-electron chi connectivity index (χ1n) is 26.1. The van der Waals surface area contributed by atoms with Crippen LogP contribution in [0.3, 0.4) is 0 Å². The number of hydrogen-bond acceptors (Lipinski definition) is 5. The first-order chi connectivity index (χ1) is 30.6. The van der Waals surface area contributed by atoms with Crippen molar-refractivity contribution in [1.82, 2.24) is 19.9 Å². The molecule has 0 N–H and O–H groups in total. The lowest BCUT2D eigenvalue weighted by molar-refractivity contribution is 0.468. The van der Waals surface area contributed by atoms with Gasteiger partial charge >= 0.3 is 0 Å². The van der Waals surface area contributed by atoms with Gasteiger partial charge in [0.2, 0.25) is 0 Å². The molecule has 63 heavy (non-hydrogen) atoms. The van der Waals surface area contributed by atoms with E-state index in [4.69, 9.17) is 24.7 Å². The predicted molar refractivity (Wildman–Crippen MR) is 279 cm³/mol. The van der Waals surface area contributed by atoms with Gasteiger partial charge in [0.25, 0.3) is 0 Å². The Hall–Kier alpha value is -3.17. The number of ether oxygens (including phenoxy) is 1. The standard InChI is InChI=1S/C56H90N4OSi2/c1-9-13-17-19-21-23-31-55-57-43-51(44-58-55)47-33-35-53(49(41-47)29-25-27-39-62(5,6)37-15-11-3)61-54-36-34-48(42-50(54)30-26-28-40-63(7,8)38-16-12-4)52-45-59-56(60-46-52)32-24-22-20-18-14-10-2/h33-36,41-46H,9-32,37-40H2,1-8H3. The quantitative estimate of drug-likeness (QED) is 0.0345. The lowest BCUT2D eigenvalue weighted by atomic mass is 10.00. The fourth-order valence-corrected chi connectivity index (χ4v) is 14.6. The SMILES string of the molecule is CCCCCCCCc1ncc(-c2ccc(Oc3ccc(-c4cnc(CCCCCCCC)nc4)cc3CCCC[Si](C)(C)CCCC)c(CCCC[Si](C)(C)CCCC)c2)cn1.